The molecule has 0 saturated carbocycles. The summed E-state index contributed by atoms with van der Waals surface area (Å²) in [6, 6.07) is 12.3. The van der Waals surface area contributed by atoms with E-state index in [0.29, 0.717) is 23.8 Å². The number of nitrogens with zero attached hydrogens (tertiary/aromatic N) is 1. The first-order chi connectivity index (χ1) is 14.9. The molecule has 1 heterocycles. The van der Waals surface area contributed by atoms with Gasteiger partial charge in [-0.25, -0.2) is 4.39 Å². The van der Waals surface area contributed by atoms with Crippen LogP contribution in [0.5, 0.6) is 11.5 Å². The number of hydrazine groups is 1. The van der Waals surface area contributed by atoms with E-state index in [2.05, 4.69) is 10.9 Å². The normalized spacial score (nSPS) is 16.5. The lowest BCUT2D eigenvalue weighted by Crippen LogP contribution is -2.49. The van der Waals surface area contributed by atoms with E-state index in [1.807, 2.05) is 6.92 Å². The minimum absolute atomic E-state index is 0.0382. The van der Waals surface area contributed by atoms with Crippen LogP contribution in [-0.2, 0) is 14.4 Å². The van der Waals surface area contributed by atoms with Gasteiger partial charge in [-0.2, -0.15) is 0 Å². The summed E-state index contributed by atoms with van der Waals surface area (Å²) < 4.78 is 23.7. The first kappa shape index (κ1) is 22.1. The molecule has 2 aromatic rings. The van der Waals surface area contributed by atoms with E-state index in [9.17, 15) is 18.8 Å². The number of carbonyl (C=O) groups is 3. The number of carbonyl (C=O) groups excluding carboxylic acids is 3. The highest BCUT2D eigenvalue weighted by atomic mass is 19.1. The molecule has 0 radical (unpaired) electrons. The zero-order valence-corrected chi connectivity index (χ0v) is 17.3. The summed E-state index contributed by atoms with van der Waals surface area (Å²) in [5, 5.41) is 0. The van der Waals surface area contributed by atoms with Gasteiger partial charge in [0.2, 0.25) is 11.8 Å². The average Bonchev–Trinajstić information content (AvgIpc) is 3.16. The minimum Gasteiger partial charge on any atom is -0.494 e. The van der Waals surface area contributed by atoms with Gasteiger partial charge in [0, 0.05) is 18.7 Å². The molecule has 9 heteroatoms. The molecule has 1 aliphatic heterocycles. The van der Waals surface area contributed by atoms with Crippen LogP contribution in [0.25, 0.3) is 0 Å². The fraction of sp³-hybridized carbons (Fsp3) is 0.318. The molecule has 3 rings (SSSR count). The van der Waals surface area contributed by atoms with E-state index in [1.165, 1.54) is 36.1 Å². The maximum atomic E-state index is 12.9. The van der Waals surface area contributed by atoms with Crippen molar-refractivity contribution in [1.29, 1.82) is 0 Å². The summed E-state index contributed by atoms with van der Waals surface area (Å²) in [5.41, 5.74) is 5.31. The number of anilines is 1. The van der Waals surface area contributed by atoms with Crippen molar-refractivity contribution in [3.05, 3.63) is 54.3 Å². The van der Waals surface area contributed by atoms with Crippen molar-refractivity contribution >= 4 is 23.4 Å². The molecule has 0 aliphatic carbocycles. The molecule has 2 atom stereocenters. The van der Waals surface area contributed by atoms with Crippen LogP contribution in [0.1, 0.15) is 20.3 Å². The Kier molecular flexibility index (Phi) is 7.07. The fourth-order valence-corrected chi connectivity index (χ4v) is 3.12. The van der Waals surface area contributed by atoms with Crippen molar-refractivity contribution in [3.8, 4) is 11.5 Å². The van der Waals surface area contributed by atoms with Crippen LogP contribution in [0, 0.1) is 11.7 Å². The molecular weight excluding hydrogens is 405 g/mol. The van der Waals surface area contributed by atoms with E-state index in [1.54, 1.807) is 24.3 Å². The molecule has 2 aromatic carbocycles. The number of ether oxygens (including phenoxy) is 2. The third-order valence-corrected chi connectivity index (χ3v) is 4.76. The van der Waals surface area contributed by atoms with Gasteiger partial charge < -0.3 is 14.4 Å². The highest BCUT2D eigenvalue weighted by molar-refractivity contribution is 6.00. The SMILES string of the molecule is CCOc1ccc(N2C[C@H](C(=O)NNC(=O)[C@H](C)Oc3ccc(F)cc3)CC2=O)cc1. The van der Waals surface area contributed by atoms with E-state index >= 15 is 0 Å². The Morgan fingerprint density at radius 2 is 1.74 bits per heavy atom. The van der Waals surface area contributed by atoms with Gasteiger partial charge in [-0.3, -0.25) is 25.2 Å². The Labute approximate surface area is 179 Å². The molecule has 8 nitrogen and oxygen atoms in total. The predicted octanol–water partition coefficient (Wildman–Crippen LogP) is 2.19. The maximum absolute atomic E-state index is 12.9. The Hall–Kier alpha value is -3.62. The Balaban J connectivity index is 1.49. The second-order valence-electron chi connectivity index (χ2n) is 7.02. The molecule has 2 N–H and O–H groups in total. The third-order valence-electron chi connectivity index (χ3n) is 4.76. The summed E-state index contributed by atoms with van der Waals surface area (Å²) in [4.78, 5) is 38.5. The molecule has 0 bridgehead atoms. The first-order valence-electron chi connectivity index (χ1n) is 9.92. The van der Waals surface area contributed by atoms with E-state index in [4.69, 9.17) is 9.47 Å². The molecule has 0 unspecified atom stereocenters. The van der Waals surface area contributed by atoms with Crippen LogP contribution < -0.4 is 25.2 Å². The summed E-state index contributed by atoms with van der Waals surface area (Å²) in [7, 11) is 0. The fourth-order valence-electron chi connectivity index (χ4n) is 3.12. The molecule has 1 saturated heterocycles. The number of hydrogen-bond acceptors (Lipinski definition) is 5. The van der Waals surface area contributed by atoms with Crippen molar-refractivity contribution in [2.24, 2.45) is 5.92 Å². The number of amides is 3. The van der Waals surface area contributed by atoms with Crippen LogP contribution in [0.2, 0.25) is 0 Å². The third kappa shape index (κ3) is 5.71. The summed E-state index contributed by atoms with van der Waals surface area (Å²) in [5.74, 6) is -1.22. The number of benzene rings is 2. The molecule has 0 aromatic heterocycles. The number of hydrogen-bond donors (Lipinski definition) is 2. The Morgan fingerprint density at radius 3 is 2.39 bits per heavy atom. The largest absolute Gasteiger partial charge is 0.494 e. The van der Waals surface area contributed by atoms with E-state index in [0.717, 1.165) is 0 Å². The molecule has 31 heavy (non-hydrogen) atoms. The number of nitrogens with one attached hydrogen (secondary N) is 2. The van der Waals surface area contributed by atoms with Gasteiger partial charge in [0.05, 0.1) is 12.5 Å². The highest BCUT2D eigenvalue weighted by Crippen LogP contribution is 2.27. The topological polar surface area (TPSA) is 97.0 Å². The van der Waals surface area contributed by atoms with Crippen molar-refractivity contribution in [2.45, 2.75) is 26.4 Å². The van der Waals surface area contributed by atoms with Gasteiger partial charge in [0.25, 0.3) is 5.91 Å². The first-order valence-corrected chi connectivity index (χ1v) is 9.92. The summed E-state index contributed by atoms with van der Waals surface area (Å²) >= 11 is 0. The van der Waals surface area contributed by atoms with Gasteiger partial charge >= 0.3 is 0 Å². The van der Waals surface area contributed by atoms with Gasteiger partial charge in [0.15, 0.2) is 6.10 Å². The van der Waals surface area contributed by atoms with Gasteiger partial charge in [-0.05, 0) is 62.4 Å². The number of rotatable bonds is 7. The van der Waals surface area contributed by atoms with Gasteiger partial charge in [0.1, 0.15) is 17.3 Å². The lowest BCUT2D eigenvalue weighted by Gasteiger charge is -2.18. The van der Waals surface area contributed by atoms with E-state index < -0.39 is 29.7 Å². The standard InChI is InChI=1S/C22H24FN3O5/c1-3-30-18-10-6-17(7-11-18)26-13-15(12-20(26)27)22(29)25-24-21(28)14(2)31-19-8-4-16(23)5-9-19/h4-11,14-15H,3,12-13H2,1-2H3,(H,24,28)(H,25,29)/t14-,15+/m0/s1. The van der Waals surface area contributed by atoms with Crippen molar-refractivity contribution in [3.63, 3.8) is 0 Å². The lowest BCUT2D eigenvalue weighted by molar-refractivity contribution is -0.134. The highest BCUT2D eigenvalue weighted by Gasteiger charge is 2.35. The quantitative estimate of drug-likeness (QED) is 0.658. The Morgan fingerprint density at radius 1 is 1.10 bits per heavy atom. The smallest absolute Gasteiger partial charge is 0.279 e. The van der Waals surface area contributed by atoms with Crippen LogP contribution in [0.15, 0.2) is 48.5 Å². The molecule has 1 aliphatic rings. The zero-order valence-electron chi connectivity index (χ0n) is 17.3. The zero-order chi connectivity index (χ0) is 22.4. The molecule has 1 fully saturated rings. The Bertz CT molecular complexity index is 933. The van der Waals surface area contributed by atoms with Crippen molar-refractivity contribution in [2.75, 3.05) is 18.1 Å². The van der Waals surface area contributed by atoms with Crippen LogP contribution in [0.4, 0.5) is 10.1 Å². The number of halogens is 1. The van der Waals surface area contributed by atoms with Crippen molar-refractivity contribution in [1.82, 2.24) is 10.9 Å². The van der Waals surface area contributed by atoms with Crippen LogP contribution >= 0.6 is 0 Å². The van der Waals surface area contributed by atoms with Crippen molar-refractivity contribution < 1.29 is 28.2 Å². The summed E-state index contributed by atoms with van der Waals surface area (Å²) in [6.07, 6.45) is -0.882. The van der Waals surface area contributed by atoms with E-state index in [-0.39, 0.29) is 18.9 Å². The van der Waals surface area contributed by atoms with Gasteiger partial charge in [-0.1, -0.05) is 0 Å². The lowest BCUT2D eigenvalue weighted by atomic mass is 10.1. The second-order valence-corrected chi connectivity index (χ2v) is 7.02. The van der Waals surface area contributed by atoms with Crippen LogP contribution in [0.3, 0.4) is 0 Å². The monoisotopic (exact) mass is 429 g/mol. The maximum Gasteiger partial charge on any atom is 0.279 e. The molecule has 164 valence electrons. The van der Waals surface area contributed by atoms with Gasteiger partial charge in [-0.15, -0.1) is 0 Å². The van der Waals surface area contributed by atoms with Crippen LogP contribution in [-0.4, -0.2) is 37.0 Å². The molecular formula is C22H24FN3O5. The molecule has 0 spiro atoms. The minimum atomic E-state index is -0.920. The second kappa shape index (κ2) is 9.92. The predicted molar refractivity (Wildman–Crippen MR) is 111 cm³/mol. The molecule has 3 amide bonds. The average molecular weight is 429 g/mol. The summed E-state index contributed by atoms with van der Waals surface area (Å²) in [6.45, 7) is 4.13.